The van der Waals surface area contributed by atoms with Gasteiger partial charge in [-0.1, -0.05) is 0 Å². The molecule has 0 unspecified atom stereocenters. The third kappa shape index (κ3) is 4.00. The highest BCUT2D eigenvalue weighted by atomic mass is 16.6. The summed E-state index contributed by atoms with van der Waals surface area (Å²) in [5.74, 6) is -0.360. The standard InChI is InChI=1S/C12H22N2O3/c1-12(2,3)17-11(16)9-5-4-8-14(9)10(15)6-7-13/h9H,4-8,13H2,1-3H3/t9-/m1/s1. The molecule has 1 aliphatic heterocycles. The molecule has 0 aromatic rings. The van der Waals surface area contributed by atoms with Crippen molar-refractivity contribution < 1.29 is 14.3 Å². The summed E-state index contributed by atoms with van der Waals surface area (Å²) in [6.45, 7) is 6.42. The fourth-order valence-electron chi connectivity index (χ4n) is 1.95. The van der Waals surface area contributed by atoms with E-state index in [9.17, 15) is 9.59 Å². The largest absolute Gasteiger partial charge is 0.458 e. The molecule has 0 saturated carbocycles. The molecule has 0 radical (unpaired) electrons. The van der Waals surface area contributed by atoms with Crippen LogP contribution in [0.25, 0.3) is 0 Å². The van der Waals surface area contributed by atoms with E-state index in [1.54, 1.807) is 4.90 Å². The van der Waals surface area contributed by atoms with Crippen LogP contribution in [0.2, 0.25) is 0 Å². The molecule has 1 atom stereocenters. The fourth-order valence-corrected chi connectivity index (χ4v) is 1.95. The van der Waals surface area contributed by atoms with Crippen LogP contribution in [0, 0.1) is 0 Å². The molecular weight excluding hydrogens is 220 g/mol. The smallest absolute Gasteiger partial charge is 0.329 e. The molecule has 0 aliphatic carbocycles. The van der Waals surface area contributed by atoms with Gasteiger partial charge >= 0.3 is 5.97 Å². The fraction of sp³-hybridized carbons (Fsp3) is 0.833. The topological polar surface area (TPSA) is 72.6 Å². The maximum atomic E-state index is 11.9. The first-order valence-corrected chi connectivity index (χ1v) is 6.07. The van der Waals surface area contributed by atoms with Crippen molar-refractivity contribution in [3.63, 3.8) is 0 Å². The predicted octanol–water partition coefficient (Wildman–Crippen LogP) is 0.668. The number of hydrogen-bond acceptors (Lipinski definition) is 4. The van der Waals surface area contributed by atoms with Gasteiger partial charge in [0.25, 0.3) is 0 Å². The molecule has 1 heterocycles. The minimum Gasteiger partial charge on any atom is -0.458 e. The van der Waals surface area contributed by atoms with E-state index in [1.165, 1.54) is 0 Å². The van der Waals surface area contributed by atoms with E-state index >= 15 is 0 Å². The number of carbonyl (C=O) groups excluding carboxylic acids is 2. The first-order chi connectivity index (χ1) is 7.85. The number of nitrogens with zero attached hydrogens (tertiary/aromatic N) is 1. The zero-order chi connectivity index (χ0) is 13.1. The van der Waals surface area contributed by atoms with Gasteiger partial charge in [0.1, 0.15) is 11.6 Å². The minimum absolute atomic E-state index is 0.0548. The molecule has 5 heteroatoms. The Balaban J connectivity index is 2.63. The van der Waals surface area contributed by atoms with Crippen molar-refractivity contribution in [3.8, 4) is 0 Å². The second kappa shape index (κ2) is 5.49. The SMILES string of the molecule is CC(C)(C)OC(=O)[C@H]1CCCN1C(=O)CCN. The van der Waals surface area contributed by atoms with Crippen LogP contribution < -0.4 is 5.73 Å². The molecule has 1 amide bonds. The Hall–Kier alpha value is -1.10. The average molecular weight is 242 g/mol. The van der Waals surface area contributed by atoms with E-state index in [2.05, 4.69) is 0 Å². The molecule has 17 heavy (non-hydrogen) atoms. The highest BCUT2D eigenvalue weighted by Crippen LogP contribution is 2.21. The Labute approximate surface area is 102 Å². The first-order valence-electron chi connectivity index (χ1n) is 6.07. The number of hydrogen-bond donors (Lipinski definition) is 1. The van der Waals surface area contributed by atoms with Crippen molar-refractivity contribution in [2.45, 2.75) is 51.7 Å². The molecule has 5 nitrogen and oxygen atoms in total. The maximum absolute atomic E-state index is 11.9. The molecule has 1 saturated heterocycles. The maximum Gasteiger partial charge on any atom is 0.329 e. The van der Waals surface area contributed by atoms with E-state index in [0.717, 1.165) is 6.42 Å². The van der Waals surface area contributed by atoms with Gasteiger partial charge in [0.05, 0.1) is 0 Å². The molecule has 0 aromatic heterocycles. The predicted molar refractivity (Wildman–Crippen MR) is 64.3 cm³/mol. The van der Waals surface area contributed by atoms with Crippen molar-refractivity contribution in [3.05, 3.63) is 0 Å². The second-order valence-corrected chi connectivity index (χ2v) is 5.32. The van der Waals surface area contributed by atoms with Crippen molar-refractivity contribution in [1.29, 1.82) is 0 Å². The van der Waals surface area contributed by atoms with Gasteiger partial charge in [-0.2, -0.15) is 0 Å². The Morgan fingerprint density at radius 2 is 2.06 bits per heavy atom. The lowest BCUT2D eigenvalue weighted by atomic mass is 10.1. The van der Waals surface area contributed by atoms with Crippen molar-refractivity contribution in [2.75, 3.05) is 13.1 Å². The Morgan fingerprint density at radius 3 is 2.59 bits per heavy atom. The van der Waals surface area contributed by atoms with Crippen LogP contribution in [0.15, 0.2) is 0 Å². The van der Waals surface area contributed by atoms with Gasteiger partial charge in [-0.25, -0.2) is 4.79 Å². The quantitative estimate of drug-likeness (QED) is 0.738. The minimum atomic E-state index is -0.512. The lowest BCUT2D eigenvalue weighted by molar-refractivity contribution is -0.163. The number of ether oxygens (including phenoxy) is 1. The second-order valence-electron chi connectivity index (χ2n) is 5.32. The summed E-state index contributed by atoms with van der Waals surface area (Å²) in [4.78, 5) is 25.3. The number of amides is 1. The molecule has 1 aliphatic rings. The lowest BCUT2D eigenvalue weighted by Crippen LogP contribution is -2.44. The number of esters is 1. The van der Waals surface area contributed by atoms with E-state index in [0.29, 0.717) is 25.9 Å². The number of carbonyl (C=O) groups is 2. The lowest BCUT2D eigenvalue weighted by Gasteiger charge is -2.27. The normalized spacial score (nSPS) is 20.5. The first kappa shape index (κ1) is 14.0. The van der Waals surface area contributed by atoms with E-state index < -0.39 is 11.6 Å². The van der Waals surface area contributed by atoms with Crippen LogP contribution >= 0.6 is 0 Å². The van der Waals surface area contributed by atoms with Crippen molar-refractivity contribution in [1.82, 2.24) is 4.90 Å². The summed E-state index contributed by atoms with van der Waals surface area (Å²) in [5.41, 5.74) is 4.85. The van der Waals surface area contributed by atoms with E-state index in [-0.39, 0.29) is 11.9 Å². The van der Waals surface area contributed by atoms with Gasteiger partial charge in [-0.3, -0.25) is 4.79 Å². The van der Waals surface area contributed by atoms with Gasteiger partial charge in [0, 0.05) is 19.5 Å². The monoisotopic (exact) mass is 242 g/mol. The summed E-state index contributed by atoms with van der Waals surface area (Å²) < 4.78 is 5.32. The van der Waals surface area contributed by atoms with Crippen LogP contribution in [0.5, 0.6) is 0 Å². The Bertz CT molecular complexity index is 297. The van der Waals surface area contributed by atoms with Crippen molar-refractivity contribution in [2.24, 2.45) is 5.73 Å². The zero-order valence-electron chi connectivity index (χ0n) is 10.9. The Kier molecular flexibility index (Phi) is 4.51. The summed E-state index contributed by atoms with van der Waals surface area (Å²) in [6.07, 6.45) is 1.82. The van der Waals surface area contributed by atoms with Gasteiger partial charge in [0.15, 0.2) is 0 Å². The molecule has 2 N–H and O–H groups in total. The van der Waals surface area contributed by atoms with Crippen LogP contribution in [0.3, 0.4) is 0 Å². The van der Waals surface area contributed by atoms with E-state index in [1.807, 2.05) is 20.8 Å². The molecule has 0 aromatic carbocycles. The van der Waals surface area contributed by atoms with Crippen LogP contribution in [-0.4, -0.2) is 41.5 Å². The summed E-state index contributed by atoms with van der Waals surface area (Å²) in [6, 6.07) is -0.423. The number of nitrogens with two attached hydrogens (primary N) is 1. The van der Waals surface area contributed by atoms with Gasteiger partial charge in [0.2, 0.25) is 5.91 Å². The highest BCUT2D eigenvalue weighted by Gasteiger charge is 2.36. The zero-order valence-corrected chi connectivity index (χ0v) is 10.9. The van der Waals surface area contributed by atoms with E-state index in [4.69, 9.17) is 10.5 Å². The van der Waals surface area contributed by atoms with Crippen LogP contribution in [-0.2, 0) is 14.3 Å². The summed E-state index contributed by atoms with van der Waals surface area (Å²) in [7, 11) is 0. The molecule has 1 fully saturated rings. The number of rotatable bonds is 3. The molecular formula is C12H22N2O3. The number of likely N-dealkylation sites (tertiary alicyclic amines) is 1. The van der Waals surface area contributed by atoms with Gasteiger partial charge in [-0.05, 0) is 33.6 Å². The van der Waals surface area contributed by atoms with Gasteiger partial charge < -0.3 is 15.4 Å². The third-order valence-electron chi connectivity index (χ3n) is 2.61. The molecule has 98 valence electrons. The third-order valence-corrected chi connectivity index (χ3v) is 2.61. The molecule has 1 rings (SSSR count). The molecule has 0 bridgehead atoms. The average Bonchev–Trinajstić information content (AvgIpc) is 2.63. The van der Waals surface area contributed by atoms with Crippen LogP contribution in [0.1, 0.15) is 40.0 Å². The highest BCUT2D eigenvalue weighted by molar-refractivity contribution is 5.85. The summed E-state index contributed by atoms with van der Waals surface area (Å²) in [5, 5.41) is 0. The molecule has 0 spiro atoms. The van der Waals surface area contributed by atoms with Crippen molar-refractivity contribution >= 4 is 11.9 Å². The summed E-state index contributed by atoms with van der Waals surface area (Å²) >= 11 is 0. The van der Waals surface area contributed by atoms with Gasteiger partial charge in [-0.15, -0.1) is 0 Å². The Morgan fingerprint density at radius 1 is 1.41 bits per heavy atom. The van der Waals surface area contributed by atoms with Crippen LogP contribution in [0.4, 0.5) is 0 Å².